The van der Waals surface area contributed by atoms with Gasteiger partial charge < -0.3 is 0 Å². The molecule has 12 heavy (non-hydrogen) atoms. The van der Waals surface area contributed by atoms with E-state index in [9.17, 15) is 0 Å². The van der Waals surface area contributed by atoms with Crippen LogP contribution in [0, 0.1) is 23.2 Å². The molecule has 1 aromatic heterocycles. The van der Waals surface area contributed by atoms with Crippen LogP contribution in [0.1, 0.15) is 19.2 Å². The van der Waals surface area contributed by atoms with Crippen LogP contribution >= 0.6 is 0 Å². The summed E-state index contributed by atoms with van der Waals surface area (Å²) in [6, 6.07) is 1.86. The second-order valence-corrected chi connectivity index (χ2v) is 2.12. The zero-order valence-corrected chi connectivity index (χ0v) is 6.78. The molecule has 4 heteroatoms. The molecule has 0 saturated heterocycles. The fourth-order valence-corrected chi connectivity index (χ4v) is 0.749. The monoisotopic (exact) mass is 160 g/mol. The van der Waals surface area contributed by atoms with Crippen molar-refractivity contribution in [2.75, 3.05) is 0 Å². The second kappa shape index (κ2) is 4.15. The third kappa shape index (κ3) is 2.10. The summed E-state index contributed by atoms with van der Waals surface area (Å²) in [4.78, 5) is 3.76. The van der Waals surface area contributed by atoms with Gasteiger partial charge in [-0.3, -0.25) is 4.68 Å². The summed E-state index contributed by atoms with van der Waals surface area (Å²) in [6.07, 6.45) is 2.28. The maximum absolute atomic E-state index is 8.41. The highest BCUT2D eigenvalue weighted by Crippen LogP contribution is 1.89. The van der Waals surface area contributed by atoms with Crippen LogP contribution in [0.15, 0.2) is 6.33 Å². The van der Waals surface area contributed by atoms with Gasteiger partial charge in [-0.1, -0.05) is 0 Å². The third-order valence-electron chi connectivity index (χ3n) is 1.28. The van der Waals surface area contributed by atoms with Crippen molar-refractivity contribution in [1.29, 1.82) is 5.26 Å². The number of hydrogen-bond acceptors (Lipinski definition) is 3. The van der Waals surface area contributed by atoms with Crippen molar-refractivity contribution in [3.63, 3.8) is 0 Å². The summed E-state index contributed by atoms with van der Waals surface area (Å²) < 4.78 is 1.61. The fraction of sp³-hybridized carbons (Fsp3) is 0.375. The number of rotatable bonds is 2. The van der Waals surface area contributed by atoms with Crippen molar-refractivity contribution in [2.24, 2.45) is 0 Å². The van der Waals surface area contributed by atoms with Crippen molar-refractivity contribution < 1.29 is 0 Å². The molecular formula is C8H8N4. The number of aromatic nitrogens is 3. The predicted octanol–water partition coefficient (Wildman–Crippen LogP) is 0.563. The molecule has 1 rings (SSSR count). The predicted molar refractivity (Wildman–Crippen MR) is 42.8 cm³/mol. The molecule has 0 atom stereocenters. The summed E-state index contributed by atoms with van der Waals surface area (Å²) in [5, 5.41) is 12.3. The maximum atomic E-state index is 8.41. The first-order valence-corrected chi connectivity index (χ1v) is 3.56. The average Bonchev–Trinajstić information content (AvgIpc) is 2.53. The number of nitriles is 1. The summed E-state index contributed by atoms with van der Waals surface area (Å²) in [6.45, 7) is 2.48. The Balaban J connectivity index is 2.52. The fourth-order valence-electron chi connectivity index (χ4n) is 0.749. The van der Waals surface area contributed by atoms with Gasteiger partial charge in [0.25, 0.3) is 5.82 Å². The summed E-state index contributed by atoms with van der Waals surface area (Å²) in [5.74, 6) is 5.89. The molecule has 60 valence electrons. The van der Waals surface area contributed by atoms with Crippen LogP contribution in [0.5, 0.6) is 0 Å². The van der Waals surface area contributed by atoms with Gasteiger partial charge in [0.05, 0.1) is 6.54 Å². The van der Waals surface area contributed by atoms with E-state index < -0.39 is 0 Å². The first-order chi connectivity index (χ1) is 5.86. The normalized spacial score (nSPS) is 8.33. The minimum atomic E-state index is 0.208. The smallest absolute Gasteiger partial charge is 0.251 e. The molecule has 4 nitrogen and oxygen atoms in total. The first kappa shape index (κ1) is 8.29. The largest absolute Gasteiger partial charge is 0.252 e. The Morgan fingerprint density at radius 2 is 2.50 bits per heavy atom. The van der Waals surface area contributed by atoms with E-state index in [1.165, 1.54) is 6.33 Å². The number of aryl methyl sites for hydroxylation is 1. The Kier molecular flexibility index (Phi) is 2.87. The zero-order chi connectivity index (χ0) is 8.81. The molecule has 0 radical (unpaired) electrons. The summed E-state index contributed by atoms with van der Waals surface area (Å²) in [7, 11) is 0. The molecule has 0 amide bonds. The van der Waals surface area contributed by atoms with Crippen molar-refractivity contribution in [3.05, 3.63) is 12.2 Å². The molecule has 0 saturated carbocycles. The van der Waals surface area contributed by atoms with Gasteiger partial charge in [-0.25, -0.2) is 4.98 Å². The van der Waals surface area contributed by atoms with E-state index in [2.05, 4.69) is 21.9 Å². The standard InChI is InChI=1S/C8H8N4/c1-2-3-4-5-12-7-10-8(6-9)11-12/h7H,4-5H2,1H3. The van der Waals surface area contributed by atoms with Gasteiger partial charge in [0, 0.05) is 6.42 Å². The molecule has 0 aliphatic carbocycles. The minimum absolute atomic E-state index is 0.208. The van der Waals surface area contributed by atoms with Crippen LogP contribution in [-0.2, 0) is 6.54 Å². The van der Waals surface area contributed by atoms with E-state index in [4.69, 9.17) is 5.26 Å². The van der Waals surface area contributed by atoms with Crippen LogP contribution < -0.4 is 0 Å². The molecule has 0 unspecified atom stereocenters. The highest BCUT2D eigenvalue weighted by molar-refractivity contribution is 5.05. The van der Waals surface area contributed by atoms with E-state index >= 15 is 0 Å². The molecule has 0 aliphatic rings. The molecule has 0 N–H and O–H groups in total. The molecule has 0 aliphatic heterocycles. The molecule has 0 fully saturated rings. The highest BCUT2D eigenvalue weighted by Gasteiger charge is 1.95. The Labute approximate surface area is 70.8 Å². The van der Waals surface area contributed by atoms with Crippen molar-refractivity contribution in [2.45, 2.75) is 19.9 Å². The Morgan fingerprint density at radius 1 is 1.67 bits per heavy atom. The van der Waals surface area contributed by atoms with Crippen LogP contribution in [0.3, 0.4) is 0 Å². The molecule has 0 aromatic carbocycles. The lowest BCUT2D eigenvalue weighted by Crippen LogP contribution is -1.97. The van der Waals surface area contributed by atoms with E-state index in [1.54, 1.807) is 11.6 Å². The van der Waals surface area contributed by atoms with Crippen LogP contribution in [0.4, 0.5) is 0 Å². The van der Waals surface area contributed by atoms with Gasteiger partial charge >= 0.3 is 0 Å². The van der Waals surface area contributed by atoms with Crippen molar-refractivity contribution in [1.82, 2.24) is 14.8 Å². The lowest BCUT2D eigenvalue weighted by Gasteiger charge is -1.91. The van der Waals surface area contributed by atoms with Gasteiger partial charge in [0.1, 0.15) is 12.4 Å². The Hall–Kier alpha value is -1.81. The Bertz CT molecular complexity index is 347. The molecule has 0 bridgehead atoms. The SMILES string of the molecule is CC#CCCn1cnc(C#N)n1. The maximum Gasteiger partial charge on any atom is 0.252 e. The minimum Gasteiger partial charge on any atom is -0.251 e. The van der Waals surface area contributed by atoms with E-state index in [0.29, 0.717) is 6.54 Å². The molecular weight excluding hydrogens is 152 g/mol. The van der Waals surface area contributed by atoms with Crippen LogP contribution in [0.25, 0.3) is 0 Å². The quantitative estimate of drug-likeness (QED) is 0.594. The second-order valence-electron chi connectivity index (χ2n) is 2.12. The van der Waals surface area contributed by atoms with Crippen molar-refractivity contribution >= 4 is 0 Å². The van der Waals surface area contributed by atoms with Crippen LogP contribution in [-0.4, -0.2) is 14.8 Å². The van der Waals surface area contributed by atoms with E-state index in [-0.39, 0.29) is 5.82 Å². The summed E-state index contributed by atoms with van der Waals surface area (Å²) >= 11 is 0. The van der Waals surface area contributed by atoms with Gasteiger partial charge in [-0.05, 0) is 6.92 Å². The van der Waals surface area contributed by atoms with E-state index in [1.807, 2.05) is 6.07 Å². The highest BCUT2D eigenvalue weighted by atomic mass is 15.3. The number of hydrogen-bond donors (Lipinski definition) is 0. The zero-order valence-electron chi connectivity index (χ0n) is 6.78. The molecule has 1 heterocycles. The van der Waals surface area contributed by atoms with Crippen LogP contribution in [0.2, 0.25) is 0 Å². The number of nitrogens with zero attached hydrogens (tertiary/aromatic N) is 4. The van der Waals surface area contributed by atoms with Gasteiger partial charge in [-0.2, -0.15) is 5.26 Å². The summed E-state index contributed by atoms with van der Waals surface area (Å²) in [5.41, 5.74) is 0. The van der Waals surface area contributed by atoms with Gasteiger partial charge in [-0.15, -0.1) is 16.9 Å². The third-order valence-corrected chi connectivity index (χ3v) is 1.28. The van der Waals surface area contributed by atoms with E-state index in [0.717, 1.165) is 6.42 Å². The van der Waals surface area contributed by atoms with Crippen molar-refractivity contribution in [3.8, 4) is 17.9 Å². The molecule has 1 aromatic rings. The first-order valence-electron chi connectivity index (χ1n) is 3.56. The van der Waals surface area contributed by atoms with Gasteiger partial charge in [0.15, 0.2) is 0 Å². The average molecular weight is 160 g/mol. The molecule has 0 spiro atoms. The lowest BCUT2D eigenvalue weighted by molar-refractivity contribution is 0.626. The Morgan fingerprint density at radius 3 is 3.08 bits per heavy atom. The topological polar surface area (TPSA) is 54.5 Å². The van der Waals surface area contributed by atoms with Gasteiger partial charge in [0.2, 0.25) is 0 Å². The lowest BCUT2D eigenvalue weighted by atomic mass is 10.4.